The topological polar surface area (TPSA) is 148 Å². The highest BCUT2D eigenvalue weighted by Gasteiger charge is 2.35. The quantitative estimate of drug-likeness (QED) is 0.138. The molecule has 3 aromatic rings. The lowest BCUT2D eigenvalue weighted by molar-refractivity contribution is 0.0127. The number of nitrogens with zero attached hydrogens (tertiary/aromatic N) is 1. The maximum absolute atomic E-state index is 15.2. The van der Waals surface area contributed by atoms with Crippen molar-refractivity contribution in [1.29, 1.82) is 0 Å². The molecule has 2 amide bonds. The van der Waals surface area contributed by atoms with Gasteiger partial charge in [0.2, 0.25) is 0 Å². The number of ether oxygens (including phenoxy) is 7. The van der Waals surface area contributed by atoms with Gasteiger partial charge in [-0.1, -0.05) is 12.1 Å². The zero-order chi connectivity index (χ0) is 37.1. The van der Waals surface area contributed by atoms with Gasteiger partial charge >= 0.3 is 12.1 Å². The van der Waals surface area contributed by atoms with Crippen LogP contribution in [-0.4, -0.2) is 94.4 Å². The lowest BCUT2D eigenvalue weighted by atomic mass is 10.00. The Morgan fingerprint density at radius 2 is 1.43 bits per heavy atom. The monoisotopic (exact) mass is 710 g/mol. The third kappa shape index (κ3) is 10.4. The maximum Gasteiger partial charge on any atom is 0.410 e. The van der Waals surface area contributed by atoms with Crippen molar-refractivity contribution < 1.29 is 56.7 Å². The molecule has 1 aliphatic heterocycles. The molecule has 51 heavy (non-hydrogen) atoms. The zero-order valence-electron chi connectivity index (χ0n) is 29.5. The van der Waals surface area contributed by atoms with Crippen LogP contribution in [0.4, 0.5) is 9.18 Å². The molecule has 2 atom stereocenters. The highest BCUT2D eigenvalue weighted by molar-refractivity contribution is 6.11. The van der Waals surface area contributed by atoms with E-state index in [0.717, 1.165) is 0 Å². The number of esters is 1. The van der Waals surface area contributed by atoms with Gasteiger partial charge in [-0.05, 0) is 82.1 Å². The summed E-state index contributed by atoms with van der Waals surface area (Å²) < 4.78 is 52.4. The first kappa shape index (κ1) is 38.6. The van der Waals surface area contributed by atoms with E-state index in [2.05, 4.69) is 5.32 Å². The minimum absolute atomic E-state index is 0.0145. The molecule has 0 saturated carbocycles. The molecular weight excluding hydrogens is 667 g/mol. The minimum atomic E-state index is -0.906. The van der Waals surface area contributed by atoms with Gasteiger partial charge < -0.3 is 43.4 Å². The van der Waals surface area contributed by atoms with Crippen molar-refractivity contribution >= 4 is 23.8 Å². The molecule has 0 aromatic heterocycles. The molecule has 0 spiro atoms. The van der Waals surface area contributed by atoms with Crippen molar-refractivity contribution in [2.75, 3.05) is 48.0 Å². The first-order chi connectivity index (χ1) is 24.3. The predicted molar refractivity (Wildman–Crippen MR) is 182 cm³/mol. The molecule has 1 saturated heterocycles. The molecule has 0 bridgehead atoms. The summed E-state index contributed by atoms with van der Waals surface area (Å²) >= 11 is 0. The van der Waals surface area contributed by atoms with Gasteiger partial charge in [0.05, 0.1) is 18.7 Å². The number of methoxy groups -OCH3 is 3. The summed E-state index contributed by atoms with van der Waals surface area (Å²) in [4.78, 5) is 54.8. The standard InChI is InChI=1S/C37H43FN2O11/c1-37(2,3)51-36(44)40-19-7-8-28(27(20-40)39-34(42)24-13-15-26(16-14-24)48-21-45-4)50-35(43)25-11-9-23(10-12-25)33(41)31-29(49-22-46-5)17-18-30(47-6)32(31)38/h9-18,27-28H,7-8,19-22H2,1-6H3,(H,39,42)/t27-,28-/m1/s1. The van der Waals surface area contributed by atoms with Crippen LogP contribution >= 0.6 is 0 Å². The summed E-state index contributed by atoms with van der Waals surface area (Å²) in [5.41, 5.74) is -0.594. The highest BCUT2D eigenvalue weighted by Crippen LogP contribution is 2.31. The van der Waals surface area contributed by atoms with Crippen LogP contribution < -0.4 is 19.5 Å². The van der Waals surface area contributed by atoms with Crippen LogP contribution in [0.2, 0.25) is 0 Å². The molecule has 14 heteroatoms. The third-order valence-corrected chi connectivity index (χ3v) is 7.70. The second kappa shape index (κ2) is 17.6. The number of benzene rings is 3. The Morgan fingerprint density at radius 3 is 2.06 bits per heavy atom. The van der Waals surface area contributed by atoms with Crippen LogP contribution in [0.5, 0.6) is 17.2 Å². The number of carbonyl (C=O) groups is 4. The van der Waals surface area contributed by atoms with Gasteiger partial charge in [0.1, 0.15) is 28.8 Å². The number of ketones is 1. The van der Waals surface area contributed by atoms with E-state index in [1.807, 2.05) is 0 Å². The molecule has 1 N–H and O–H groups in total. The summed E-state index contributed by atoms with van der Waals surface area (Å²) in [7, 11) is 4.16. The lowest BCUT2D eigenvalue weighted by Crippen LogP contribution is -2.51. The van der Waals surface area contributed by atoms with Crippen molar-refractivity contribution in [3.05, 3.63) is 88.7 Å². The largest absolute Gasteiger partial charge is 0.494 e. The van der Waals surface area contributed by atoms with Crippen LogP contribution in [-0.2, 0) is 18.9 Å². The highest BCUT2D eigenvalue weighted by atomic mass is 19.1. The summed E-state index contributed by atoms with van der Waals surface area (Å²) in [6.07, 6.45) is -0.597. The Hall–Kier alpha value is -5.21. The van der Waals surface area contributed by atoms with Gasteiger partial charge in [0, 0.05) is 38.4 Å². The molecule has 0 radical (unpaired) electrons. The minimum Gasteiger partial charge on any atom is -0.494 e. The first-order valence-corrected chi connectivity index (χ1v) is 16.2. The number of hydrogen-bond acceptors (Lipinski definition) is 11. The average molecular weight is 711 g/mol. The van der Waals surface area contributed by atoms with Gasteiger partial charge in [-0.25, -0.2) is 14.0 Å². The van der Waals surface area contributed by atoms with Crippen molar-refractivity contribution in [2.24, 2.45) is 0 Å². The number of halogens is 1. The zero-order valence-corrected chi connectivity index (χ0v) is 29.5. The van der Waals surface area contributed by atoms with E-state index in [1.54, 1.807) is 45.0 Å². The predicted octanol–water partition coefficient (Wildman–Crippen LogP) is 5.39. The fourth-order valence-electron chi connectivity index (χ4n) is 5.24. The normalized spacial score (nSPS) is 16.0. The summed E-state index contributed by atoms with van der Waals surface area (Å²) in [6.45, 7) is 5.43. The number of amides is 2. The van der Waals surface area contributed by atoms with Gasteiger partial charge in [-0.2, -0.15) is 0 Å². The van der Waals surface area contributed by atoms with Crippen LogP contribution in [0.15, 0.2) is 60.7 Å². The second-order valence-corrected chi connectivity index (χ2v) is 12.6. The van der Waals surface area contributed by atoms with E-state index >= 15 is 4.39 Å². The Morgan fingerprint density at radius 1 is 0.824 bits per heavy atom. The summed E-state index contributed by atoms with van der Waals surface area (Å²) in [5.74, 6) is -2.46. The molecule has 0 aliphatic carbocycles. The molecule has 3 aromatic carbocycles. The van der Waals surface area contributed by atoms with E-state index in [1.165, 1.54) is 62.6 Å². The number of carbonyl (C=O) groups excluding carboxylic acids is 4. The third-order valence-electron chi connectivity index (χ3n) is 7.70. The van der Waals surface area contributed by atoms with Gasteiger partial charge in [0.25, 0.3) is 5.91 Å². The molecule has 13 nitrogen and oxygen atoms in total. The fraction of sp³-hybridized carbons (Fsp3) is 0.405. The molecule has 0 unspecified atom stereocenters. The van der Waals surface area contributed by atoms with Crippen molar-refractivity contribution in [3.63, 3.8) is 0 Å². The summed E-state index contributed by atoms with van der Waals surface area (Å²) in [5, 5.41) is 2.93. The van der Waals surface area contributed by atoms with E-state index in [4.69, 9.17) is 33.2 Å². The molecule has 1 heterocycles. The van der Waals surface area contributed by atoms with E-state index < -0.39 is 47.3 Å². The van der Waals surface area contributed by atoms with Gasteiger partial charge in [-0.3, -0.25) is 9.59 Å². The van der Waals surface area contributed by atoms with E-state index in [-0.39, 0.29) is 48.3 Å². The SMILES string of the molecule is COCOc1ccc(C(=O)N[C@@H]2CN(C(=O)OC(C)(C)C)CCC[C@H]2OC(=O)c2ccc(C(=O)c3c(OCOC)ccc(OC)c3F)cc2)cc1. The van der Waals surface area contributed by atoms with Crippen LogP contribution in [0.1, 0.15) is 70.3 Å². The average Bonchev–Trinajstić information content (AvgIpc) is 3.30. The molecule has 4 rings (SSSR count). The van der Waals surface area contributed by atoms with Crippen LogP contribution in [0, 0.1) is 5.82 Å². The lowest BCUT2D eigenvalue weighted by Gasteiger charge is -2.30. The number of rotatable bonds is 13. The molecule has 1 aliphatic rings. The molecule has 1 fully saturated rings. The Kier molecular flexibility index (Phi) is 13.3. The van der Waals surface area contributed by atoms with Crippen LogP contribution in [0.3, 0.4) is 0 Å². The number of likely N-dealkylation sites (tertiary alicyclic amines) is 1. The maximum atomic E-state index is 15.2. The molecule has 274 valence electrons. The van der Waals surface area contributed by atoms with Crippen molar-refractivity contribution in [3.8, 4) is 17.2 Å². The van der Waals surface area contributed by atoms with Gasteiger partial charge in [-0.15, -0.1) is 0 Å². The van der Waals surface area contributed by atoms with E-state index in [0.29, 0.717) is 30.7 Å². The number of nitrogens with one attached hydrogen (secondary N) is 1. The summed E-state index contributed by atoms with van der Waals surface area (Å²) in [6, 6.07) is 13.8. The van der Waals surface area contributed by atoms with E-state index in [9.17, 15) is 19.2 Å². The molecular formula is C37H43FN2O11. The Labute approximate surface area is 295 Å². The van der Waals surface area contributed by atoms with Gasteiger partial charge in [0.15, 0.2) is 30.9 Å². The Bertz CT molecular complexity index is 1670. The van der Waals surface area contributed by atoms with Crippen molar-refractivity contribution in [2.45, 2.75) is 51.4 Å². The smallest absolute Gasteiger partial charge is 0.410 e. The Balaban J connectivity index is 1.54. The van der Waals surface area contributed by atoms with Crippen LogP contribution in [0.25, 0.3) is 0 Å². The first-order valence-electron chi connectivity index (χ1n) is 16.2. The number of hydrogen-bond donors (Lipinski definition) is 1. The fourth-order valence-corrected chi connectivity index (χ4v) is 5.24. The van der Waals surface area contributed by atoms with Crippen molar-refractivity contribution in [1.82, 2.24) is 10.2 Å². The second-order valence-electron chi connectivity index (χ2n) is 12.6.